The molecule has 0 spiro atoms. The van der Waals surface area contributed by atoms with Crippen molar-refractivity contribution in [1.82, 2.24) is 10.2 Å². The number of nitrogens with one attached hydrogen (secondary N) is 2. The van der Waals surface area contributed by atoms with E-state index in [9.17, 15) is 24.3 Å². The molecule has 11 nitrogen and oxygen atoms in total. The topological polar surface area (TPSA) is 144 Å². The summed E-state index contributed by atoms with van der Waals surface area (Å²) in [6.07, 6.45) is -2.08. The van der Waals surface area contributed by atoms with Crippen molar-refractivity contribution >= 4 is 52.8 Å². The number of benzene rings is 5. The average Bonchev–Trinajstić information content (AvgIpc) is 3.20. The molecule has 0 radical (unpaired) electrons. The van der Waals surface area contributed by atoms with Crippen molar-refractivity contribution in [3.8, 4) is 22.6 Å². The molecule has 3 amide bonds. The van der Waals surface area contributed by atoms with Crippen molar-refractivity contribution in [3.63, 3.8) is 0 Å². The summed E-state index contributed by atoms with van der Waals surface area (Å²) >= 11 is 12.1. The third-order valence-electron chi connectivity index (χ3n) is 9.73. The van der Waals surface area contributed by atoms with Crippen LogP contribution < -0.4 is 20.1 Å². The second kappa shape index (κ2) is 17.0. The minimum atomic E-state index is -1.26. The number of carboxylic acid groups (broad SMARTS) is 1. The van der Waals surface area contributed by atoms with E-state index in [1.807, 2.05) is 60.7 Å². The Morgan fingerprint density at radius 2 is 1.58 bits per heavy atom. The van der Waals surface area contributed by atoms with E-state index in [4.69, 9.17) is 37.4 Å². The number of hydrogen-bond acceptors (Lipinski definition) is 7. The predicted octanol–water partition coefficient (Wildman–Crippen LogP) is 8.40. The van der Waals surface area contributed by atoms with Crippen molar-refractivity contribution in [1.29, 1.82) is 0 Å². The fourth-order valence-electron chi connectivity index (χ4n) is 6.81. The molecule has 5 aromatic carbocycles. The van der Waals surface area contributed by atoms with E-state index < -0.39 is 42.3 Å². The van der Waals surface area contributed by atoms with Gasteiger partial charge in [0.15, 0.2) is 0 Å². The first kappa shape index (κ1) is 39.2. The molecule has 0 aliphatic carbocycles. The molecule has 2 aliphatic heterocycles. The molecule has 0 aromatic heterocycles. The van der Waals surface area contributed by atoms with Crippen LogP contribution in [0, 0.1) is 0 Å². The van der Waals surface area contributed by atoms with Crippen LogP contribution in [0.2, 0.25) is 10.0 Å². The SMILES string of the molecule is CC(C)OC(=O)N1Cc2cc3c(cc2CC1C(=O)N[C@@H](Cc1ccc(-c2ccccc2)cc1)C(=O)O)NC(=O)[C@H](c1ccc(OCc2ccc(Cl)c(Cl)c2)cc1)O3. The highest BCUT2D eigenvalue weighted by atomic mass is 35.5. The van der Waals surface area contributed by atoms with Gasteiger partial charge in [-0.2, -0.15) is 0 Å². The van der Waals surface area contributed by atoms with Crippen LogP contribution in [-0.4, -0.2) is 52.1 Å². The Hall–Kier alpha value is -6.04. The number of aliphatic carboxylic acids is 1. The van der Waals surface area contributed by atoms with Gasteiger partial charge in [-0.1, -0.05) is 96.0 Å². The lowest BCUT2D eigenvalue weighted by Crippen LogP contribution is -2.56. The number of ether oxygens (including phenoxy) is 3. The summed E-state index contributed by atoms with van der Waals surface area (Å²) in [5, 5.41) is 16.6. The van der Waals surface area contributed by atoms with E-state index >= 15 is 0 Å². The molecule has 57 heavy (non-hydrogen) atoms. The van der Waals surface area contributed by atoms with Crippen molar-refractivity contribution in [2.24, 2.45) is 0 Å². The smallest absolute Gasteiger partial charge is 0.411 e. The van der Waals surface area contributed by atoms with Crippen LogP contribution in [0.15, 0.2) is 109 Å². The number of rotatable bonds is 11. The largest absolute Gasteiger partial charge is 0.489 e. The van der Waals surface area contributed by atoms with Crippen LogP contribution in [0.1, 0.15) is 47.8 Å². The first-order chi connectivity index (χ1) is 27.4. The number of nitrogens with zero attached hydrogens (tertiary/aromatic N) is 1. The van der Waals surface area contributed by atoms with Gasteiger partial charge in [-0.05, 0) is 83.6 Å². The number of anilines is 1. The highest BCUT2D eigenvalue weighted by molar-refractivity contribution is 6.42. The normalized spacial score (nSPS) is 16.4. The molecule has 7 rings (SSSR count). The lowest BCUT2D eigenvalue weighted by Gasteiger charge is -2.37. The zero-order valence-corrected chi connectivity index (χ0v) is 32.6. The summed E-state index contributed by atoms with van der Waals surface area (Å²) in [5.41, 5.74) is 5.96. The molecular formula is C44H39Cl2N3O8. The molecule has 3 atom stereocenters. The first-order valence-corrected chi connectivity index (χ1v) is 19.1. The van der Waals surface area contributed by atoms with E-state index in [1.54, 1.807) is 62.4 Å². The fraction of sp³-hybridized carbons (Fsp3) is 0.227. The lowest BCUT2D eigenvalue weighted by molar-refractivity contribution is -0.142. The van der Waals surface area contributed by atoms with Crippen LogP contribution in [0.5, 0.6) is 11.5 Å². The first-order valence-electron chi connectivity index (χ1n) is 18.4. The summed E-state index contributed by atoms with van der Waals surface area (Å²) in [7, 11) is 0. The maximum Gasteiger partial charge on any atom is 0.411 e. The zero-order valence-electron chi connectivity index (χ0n) is 31.0. The highest BCUT2D eigenvalue weighted by Crippen LogP contribution is 2.40. The Bertz CT molecular complexity index is 2300. The summed E-state index contributed by atoms with van der Waals surface area (Å²) in [6, 6.07) is 30.6. The Kier molecular flexibility index (Phi) is 11.7. The fourth-order valence-corrected chi connectivity index (χ4v) is 7.13. The number of fused-ring (bicyclic) bond motifs is 2. The van der Waals surface area contributed by atoms with Gasteiger partial charge >= 0.3 is 12.1 Å². The van der Waals surface area contributed by atoms with Gasteiger partial charge in [0.1, 0.15) is 30.2 Å². The number of carbonyl (C=O) groups excluding carboxylic acids is 3. The third kappa shape index (κ3) is 9.17. The van der Waals surface area contributed by atoms with E-state index in [2.05, 4.69) is 10.6 Å². The zero-order chi connectivity index (χ0) is 40.2. The number of carboxylic acids is 1. The van der Waals surface area contributed by atoms with Crippen molar-refractivity contribution in [3.05, 3.63) is 147 Å². The van der Waals surface area contributed by atoms with Crippen molar-refractivity contribution in [2.75, 3.05) is 5.32 Å². The van der Waals surface area contributed by atoms with Gasteiger partial charge in [-0.25, -0.2) is 9.59 Å². The van der Waals surface area contributed by atoms with Gasteiger partial charge in [0.25, 0.3) is 5.91 Å². The summed E-state index contributed by atoms with van der Waals surface area (Å²) < 4.78 is 17.6. The molecule has 1 unspecified atom stereocenters. The molecule has 2 heterocycles. The molecule has 0 saturated carbocycles. The number of carbonyl (C=O) groups is 4. The van der Waals surface area contributed by atoms with Gasteiger partial charge in [0.2, 0.25) is 12.0 Å². The van der Waals surface area contributed by atoms with E-state index in [0.29, 0.717) is 43.9 Å². The number of hydrogen-bond donors (Lipinski definition) is 3. The summed E-state index contributed by atoms with van der Waals surface area (Å²) in [6.45, 7) is 3.66. The van der Waals surface area contributed by atoms with Crippen molar-refractivity contribution < 1.29 is 38.5 Å². The maximum absolute atomic E-state index is 13.9. The molecule has 292 valence electrons. The molecule has 3 N–H and O–H groups in total. The van der Waals surface area contributed by atoms with Crippen LogP contribution >= 0.6 is 23.2 Å². The van der Waals surface area contributed by atoms with Crippen LogP contribution in [0.4, 0.5) is 10.5 Å². The molecule has 0 saturated heterocycles. The predicted molar refractivity (Wildman–Crippen MR) is 215 cm³/mol. The summed E-state index contributed by atoms with van der Waals surface area (Å²) in [5.74, 6) is -1.27. The standard InChI is InChI=1S/C44H39Cl2N3O8/c1-25(2)56-44(54)49-23-32-22-39-36(47-42(51)40(57-39)30-13-15-33(16-14-30)55-24-27-10-17-34(45)35(46)18-27)20-31(32)21-38(49)41(50)48-37(43(52)53)19-26-8-11-29(12-9-26)28-6-4-3-5-7-28/h3-18,20,22,25,37-38,40H,19,21,23-24H2,1-2H3,(H,47,51)(H,48,50)(H,52,53)/t37-,38?,40-/m0/s1. The third-order valence-corrected chi connectivity index (χ3v) is 10.5. The van der Waals surface area contributed by atoms with Gasteiger partial charge < -0.3 is 30.0 Å². The van der Waals surface area contributed by atoms with E-state index in [1.165, 1.54) is 4.90 Å². The van der Waals surface area contributed by atoms with Crippen molar-refractivity contribution in [2.45, 2.75) is 64.1 Å². The molecule has 13 heteroatoms. The molecule has 0 bridgehead atoms. The van der Waals surface area contributed by atoms with Gasteiger partial charge in [-0.15, -0.1) is 0 Å². The highest BCUT2D eigenvalue weighted by Gasteiger charge is 2.39. The van der Waals surface area contributed by atoms with Crippen LogP contribution in [0.25, 0.3) is 11.1 Å². The molecule has 0 fully saturated rings. The van der Waals surface area contributed by atoms with Crippen LogP contribution in [0.3, 0.4) is 0 Å². The molecule has 2 aliphatic rings. The minimum absolute atomic E-state index is 0.0161. The minimum Gasteiger partial charge on any atom is -0.489 e. The Morgan fingerprint density at radius 3 is 2.26 bits per heavy atom. The van der Waals surface area contributed by atoms with E-state index in [0.717, 1.165) is 22.3 Å². The number of amides is 3. The Morgan fingerprint density at radius 1 is 0.877 bits per heavy atom. The van der Waals surface area contributed by atoms with Gasteiger partial charge in [0.05, 0.1) is 28.4 Å². The lowest BCUT2D eigenvalue weighted by atomic mass is 9.92. The van der Waals surface area contributed by atoms with Crippen LogP contribution in [-0.2, 0) is 45.1 Å². The van der Waals surface area contributed by atoms with E-state index in [-0.39, 0.29) is 31.9 Å². The Labute approximate surface area is 339 Å². The molecule has 5 aromatic rings. The second-order valence-corrected chi connectivity index (χ2v) is 15.0. The number of halogens is 2. The Balaban J connectivity index is 1.06. The molecular weight excluding hydrogens is 769 g/mol. The van der Waals surface area contributed by atoms with Gasteiger partial charge in [-0.3, -0.25) is 14.5 Å². The van der Waals surface area contributed by atoms with Gasteiger partial charge in [0, 0.05) is 18.4 Å². The second-order valence-electron chi connectivity index (χ2n) is 14.2. The average molecular weight is 809 g/mol. The monoisotopic (exact) mass is 807 g/mol. The maximum atomic E-state index is 13.9. The summed E-state index contributed by atoms with van der Waals surface area (Å²) in [4.78, 5) is 54.4. The quantitative estimate of drug-likeness (QED) is 0.121.